The number of aryl methyl sites for hydroxylation is 1. The summed E-state index contributed by atoms with van der Waals surface area (Å²) in [6.07, 6.45) is 0.849. The summed E-state index contributed by atoms with van der Waals surface area (Å²) in [6, 6.07) is 16.8. The van der Waals surface area contributed by atoms with Gasteiger partial charge in [-0.2, -0.15) is 0 Å². The lowest BCUT2D eigenvalue weighted by Gasteiger charge is -2.21. The summed E-state index contributed by atoms with van der Waals surface area (Å²) >= 11 is 0. The van der Waals surface area contributed by atoms with Crippen LogP contribution in [0.5, 0.6) is 0 Å². The van der Waals surface area contributed by atoms with Crippen molar-refractivity contribution in [3.8, 4) is 0 Å². The largest absolute Gasteiger partial charge is 0.449 e. The van der Waals surface area contributed by atoms with E-state index in [0.717, 1.165) is 16.6 Å². The van der Waals surface area contributed by atoms with E-state index >= 15 is 0 Å². The number of hydrogen-bond donors (Lipinski definition) is 0. The number of likely N-dealkylation sites (N-methyl/N-ethyl adjacent to an activating group) is 1. The van der Waals surface area contributed by atoms with E-state index in [1.807, 2.05) is 66.2 Å². The van der Waals surface area contributed by atoms with E-state index in [1.54, 1.807) is 20.2 Å². The van der Waals surface area contributed by atoms with Gasteiger partial charge in [-0.25, -0.2) is 4.79 Å². The lowest BCUT2D eigenvalue weighted by atomic mass is 10.2. The zero-order valence-electron chi connectivity index (χ0n) is 14.5. The molecular formula is C20H20N2O3. The maximum absolute atomic E-state index is 12.5. The molecule has 0 bridgehead atoms. The van der Waals surface area contributed by atoms with E-state index < -0.39 is 12.1 Å². The van der Waals surface area contributed by atoms with E-state index in [2.05, 4.69) is 0 Å². The summed E-state index contributed by atoms with van der Waals surface area (Å²) in [5.74, 6) is -0.779. The number of hydrogen-bond acceptors (Lipinski definition) is 3. The van der Waals surface area contributed by atoms with Crippen molar-refractivity contribution in [3.63, 3.8) is 0 Å². The number of carbonyl (C=O) groups is 2. The number of amides is 1. The van der Waals surface area contributed by atoms with Crippen LogP contribution in [0.1, 0.15) is 17.3 Å². The number of benzene rings is 2. The first-order chi connectivity index (χ1) is 12.0. The van der Waals surface area contributed by atoms with Gasteiger partial charge in [0.15, 0.2) is 6.10 Å². The van der Waals surface area contributed by atoms with Gasteiger partial charge in [0.05, 0.1) is 5.56 Å². The van der Waals surface area contributed by atoms with Gasteiger partial charge in [0.25, 0.3) is 5.91 Å². The third-order valence-electron chi connectivity index (χ3n) is 4.22. The maximum Gasteiger partial charge on any atom is 0.341 e. The lowest BCUT2D eigenvalue weighted by Crippen LogP contribution is -2.37. The first-order valence-electron chi connectivity index (χ1n) is 8.06. The quantitative estimate of drug-likeness (QED) is 0.686. The molecule has 0 unspecified atom stereocenters. The maximum atomic E-state index is 12.5. The molecule has 1 heterocycles. The van der Waals surface area contributed by atoms with Gasteiger partial charge in [-0.1, -0.05) is 36.4 Å². The Morgan fingerprint density at radius 2 is 1.68 bits per heavy atom. The molecule has 0 spiro atoms. The zero-order chi connectivity index (χ0) is 18.0. The Hall–Kier alpha value is -3.08. The van der Waals surface area contributed by atoms with Crippen LogP contribution in [-0.4, -0.2) is 29.6 Å². The number of nitrogens with zero attached hydrogens (tertiary/aromatic N) is 2. The van der Waals surface area contributed by atoms with Crippen LogP contribution >= 0.6 is 0 Å². The van der Waals surface area contributed by atoms with Crippen molar-refractivity contribution in [1.82, 2.24) is 4.57 Å². The second-order valence-electron chi connectivity index (χ2n) is 5.95. The fraction of sp³-hybridized carbons (Fsp3) is 0.200. The molecule has 1 aromatic heterocycles. The number of anilines is 1. The lowest BCUT2D eigenvalue weighted by molar-refractivity contribution is -0.126. The molecule has 0 saturated carbocycles. The molecule has 128 valence electrons. The van der Waals surface area contributed by atoms with Crippen LogP contribution in [0, 0.1) is 0 Å². The molecule has 0 saturated heterocycles. The predicted molar refractivity (Wildman–Crippen MR) is 97.6 cm³/mol. The van der Waals surface area contributed by atoms with E-state index in [1.165, 1.54) is 4.90 Å². The minimum atomic E-state index is -0.878. The minimum Gasteiger partial charge on any atom is -0.449 e. The van der Waals surface area contributed by atoms with Crippen molar-refractivity contribution in [2.24, 2.45) is 7.05 Å². The van der Waals surface area contributed by atoms with E-state index in [4.69, 9.17) is 4.74 Å². The molecule has 1 atom stereocenters. The number of para-hydroxylation sites is 2. The van der Waals surface area contributed by atoms with Gasteiger partial charge in [-0.15, -0.1) is 0 Å². The Morgan fingerprint density at radius 3 is 2.40 bits per heavy atom. The number of ether oxygens (including phenoxy) is 1. The predicted octanol–water partition coefficient (Wildman–Crippen LogP) is 3.39. The van der Waals surface area contributed by atoms with Crippen LogP contribution in [0.3, 0.4) is 0 Å². The van der Waals surface area contributed by atoms with Crippen molar-refractivity contribution in [1.29, 1.82) is 0 Å². The third kappa shape index (κ3) is 3.26. The second kappa shape index (κ2) is 6.81. The Balaban J connectivity index is 1.77. The van der Waals surface area contributed by atoms with Crippen LogP contribution in [0.15, 0.2) is 60.8 Å². The van der Waals surface area contributed by atoms with Crippen LogP contribution in [-0.2, 0) is 16.6 Å². The van der Waals surface area contributed by atoms with E-state index in [9.17, 15) is 9.59 Å². The molecule has 5 heteroatoms. The van der Waals surface area contributed by atoms with Crippen LogP contribution < -0.4 is 4.90 Å². The highest BCUT2D eigenvalue weighted by Crippen LogP contribution is 2.22. The van der Waals surface area contributed by atoms with Gasteiger partial charge in [-0.05, 0) is 25.1 Å². The van der Waals surface area contributed by atoms with Crippen molar-refractivity contribution in [2.45, 2.75) is 13.0 Å². The van der Waals surface area contributed by atoms with Gasteiger partial charge in [0.2, 0.25) is 0 Å². The van der Waals surface area contributed by atoms with Gasteiger partial charge in [-0.3, -0.25) is 4.79 Å². The molecule has 5 nitrogen and oxygen atoms in total. The van der Waals surface area contributed by atoms with Gasteiger partial charge < -0.3 is 14.2 Å². The Morgan fingerprint density at radius 1 is 1.04 bits per heavy atom. The number of aromatic nitrogens is 1. The van der Waals surface area contributed by atoms with Crippen molar-refractivity contribution >= 4 is 28.5 Å². The summed E-state index contributed by atoms with van der Waals surface area (Å²) < 4.78 is 7.29. The average Bonchev–Trinajstić information content (AvgIpc) is 2.98. The Labute approximate surface area is 146 Å². The van der Waals surface area contributed by atoms with Crippen LogP contribution in [0.2, 0.25) is 0 Å². The van der Waals surface area contributed by atoms with Crippen LogP contribution in [0.25, 0.3) is 10.9 Å². The van der Waals surface area contributed by atoms with Crippen LogP contribution in [0.4, 0.5) is 5.69 Å². The summed E-state index contributed by atoms with van der Waals surface area (Å²) in [4.78, 5) is 26.5. The molecule has 0 fully saturated rings. The first-order valence-corrected chi connectivity index (χ1v) is 8.06. The van der Waals surface area contributed by atoms with Gasteiger partial charge in [0, 0.05) is 36.9 Å². The summed E-state index contributed by atoms with van der Waals surface area (Å²) in [6.45, 7) is 1.59. The fourth-order valence-electron chi connectivity index (χ4n) is 2.83. The highest BCUT2D eigenvalue weighted by Gasteiger charge is 2.24. The number of rotatable bonds is 4. The average molecular weight is 336 g/mol. The smallest absolute Gasteiger partial charge is 0.341 e. The van der Waals surface area contributed by atoms with Crippen molar-refractivity contribution in [2.75, 3.05) is 11.9 Å². The zero-order valence-corrected chi connectivity index (χ0v) is 14.5. The molecule has 0 aliphatic carbocycles. The second-order valence-corrected chi connectivity index (χ2v) is 5.95. The molecule has 0 radical (unpaired) electrons. The SMILES string of the molecule is C[C@H](OC(=O)c1cn(C)c2ccccc12)C(=O)N(C)c1ccccc1. The van der Waals surface area contributed by atoms with Crippen molar-refractivity contribution < 1.29 is 14.3 Å². The monoisotopic (exact) mass is 336 g/mol. The fourth-order valence-corrected chi connectivity index (χ4v) is 2.83. The molecule has 1 amide bonds. The number of esters is 1. The molecule has 3 aromatic rings. The first kappa shape index (κ1) is 16.8. The van der Waals surface area contributed by atoms with E-state index in [-0.39, 0.29) is 5.91 Å². The molecule has 25 heavy (non-hydrogen) atoms. The molecule has 3 rings (SSSR count). The van der Waals surface area contributed by atoms with Crippen molar-refractivity contribution in [3.05, 3.63) is 66.4 Å². The van der Waals surface area contributed by atoms with E-state index in [0.29, 0.717) is 5.56 Å². The Bertz CT molecular complexity index is 915. The van der Waals surface area contributed by atoms with Gasteiger partial charge >= 0.3 is 5.97 Å². The number of carbonyl (C=O) groups excluding carboxylic acids is 2. The highest BCUT2D eigenvalue weighted by molar-refractivity contribution is 6.05. The molecule has 2 aromatic carbocycles. The molecule has 0 aliphatic heterocycles. The Kier molecular flexibility index (Phi) is 4.57. The summed E-state index contributed by atoms with van der Waals surface area (Å²) in [5.41, 5.74) is 2.15. The topological polar surface area (TPSA) is 51.5 Å². The third-order valence-corrected chi connectivity index (χ3v) is 4.22. The molecule has 0 N–H and O–H groups in total. The summed E-state index contributed by atoms with van der Waals surface area (Å²) in [5, 5.41) is 0.811. The highest BCUT2D eigenvalue weighted by atomic mass is 16.5. The number of fused-ring (bicyclic) bond motifs is 1. The standard InChI is InChI=1S/C20H20N2O3/c1-14(19(23)22(3)15-9-5-4-6-10-15)25-20(24)17-13-21(2)18-12-8-7-11-16(17)18/h4-14H,1-3H3/t14-/m0/s1. The minimum absolute atomic E-state index is 0.278. The summed E-state index contributed by atoms with van der Waals surface area (Å²) in [7, 11) is 3.54. The normalized spacial score (nSPS) is 12.0. The molecular weight excluding hydrogens is 316 g/mol. The van der Waals surface area contributed by atoms with Gasteiger partial charge in [0.1, 0.15) is 0 Å². The molecule has 0 aliphatic rings.